The molecule has 1 heterocycles. The van der Waals surface area contributed by atoms with E-state index in [2.05, 4.69) is 28.0 Å². The average Bonchev–Trinajstić information content (AvgIpc) is 2.46. The zero-order valence-electron chi connectivity index (χ0n) is 8.67. The van der Waals surface area contributed by atoms with Crippen LogP contribution in [0.4, 0.5) is 5.82 Å². The van der Waals surface area contributed by atoms with Gasteiger partial charge in [-0.15, -0.1) is 0 Å². The van der Waals surface area contributed by atoms with Gasteiger partial charge in [0.1, 0.15) is 0 Å². The molecule has 0 spiro atoms. The summed E-state index contributed by atoms with van der Waals surface area (Å²) in [6.45, 7) is 3.20. The van der Waals surface area contributed by atoms with Crippen molar-refractivity contribution in [2.45, 2.75) is 45.6 Å². The summed E-state index contributed by atoms with van der Waals surface area (Å²) >= 11 is 3.34. The van der Waals surface area contributed by atoms with Crippen LogP contribution in [0, 0.1) is 0 Å². The summed E-state index contributed by atoms with van der Waals surface area (Å²) in [6, 6.07) is 0. The van der Waals surface area contributed by atoms with Crippen molar-refractivity contribution in [2.24, 2.45) is 0 Å². The van der Waals surface area contributed by atoms with Gasteiger partial charge < -0.3 is 5.73 Å². The molecule has 0 bridgehead atoms. The van der Waals surface area contributed by atoms with Gasteiger partial charge in [0.15, 0.2) is 5.82 Å². The number of halogens is 1. The Balaban J connectivity index is 2.18. The third kappa shape index (κ3) is 3.70. The van der Waals surface area contributed by atoms with E-state index in [1.54, 1.807) is 0 Å². The average molecular weight is 260 g/mol. The Hall–Kier alpha value is -0.510. The molecule has 0 unspecified atom stereocenters. The van der Waals surface area contributed by atoms with E-state index in [4.69, 9.17) is 5.73 Å². The van der Waals surface area contributed by atoms with Crippen molar-refractivity contribution in [1.29, 1.82) is 0 Å². The molecule has 0 aliphatic carbocycles. The lowest BCUT2D eigenvalue weighted by Crippen LogP contribution is -1.99. The lowest BCUT2D eigenvalue weighted by atomic mass is 10.1. The van der Waals surface area contributed by atoms with Gasteiger partial charge in [-0.2, -0.15) is 5.10 Å². The van der Waals surface area contributed by atoms with Gasteiger partial charge in [-0.1, -0.05) is 32.6 Å². The van der Waals surface area contributed by atoms with E-state index in [0.29, 0.717) is 5.82 Å². The zero-order chi connectivity index (χ0) is 10.4. The van der Waals surface area contributed by atoms with Crippen LogP contribution in [0.2, 0.25) is 0 Å². The largest absolute Gasteiger partial charge is 0.381 e. The molecule has 0 atom stereocenters. The molecule has 0 saturated carbocycles. The molecule has 0 radical (unpaired) electrons. The number of rotatable bonds is 6. The van der Waals surface area contributed by atoms with Gasteiger partial charge in [0.05, 0.1) is 4.47 Å². The van der Waals surface area contributed by atoms with Gasteiger partial charge in [-0.25, -0.2) is 0 Å². The maximum absolute atomic E-state index is 5.61. The van der Waals surface area contributed by atoms with Crippen molar-refractivity contribution in [3.63, 3.8) is 0 Å². The van der Waals surface area contributed by atoms with E-state index < -0.39 is 0 Å². The van der Waals surface area contributed by atoms with Crippen LogP contribution in [0.5, 0.6) is 0 Å². The first kappa shape index (κ1) is 11.6. The highest BCUT2D eigenvalue weighted by atomic mass is 79.9. The number of nitrogen functional groups attached to an aromatic ring is 1. The molecule has 1 aromatic heterocycles. The number of aromatic nitrogens is 2. The second-order valence-electron chi connectivity index (χ2n) is 3.54. The van der Waals surface area contributed by atoms with Crippen LogP contribution in [0.15, 0.2) is 10.7 Å². The van der Waals surface area contributed by atoms with Crippen molar-refractivity contribution in [3.05, 3.63) is 10.7 Å². The molecule has 2 N–H and O–H groups in total. The Morgan fingerprint density at radius 3 is 2.64 bits per heavy atom. The molecule has 0 fully saturated rings. The number of aryl methyl sites for hydroxylation is 1. The van der Waals surface area contributed by atoms with Crippen LogP contribution in [0.25, 0.3) is 0 Å². The van der Waals surface area contributed by atoms with E-state index in [9.17, 15) is 0 Å². The first-order chi connectivity index (χ1) is 6.74. The first-order valence-electron chi connectivity index (χ1n) is 5.22. The van der Waals surface area contributed by atoms with Crippen molar-refractivity contribution < 1.29 is 0 Å². The Labute approximate surface area is 93.8 Å². The Kier molecular flexibility index (Phi) is 5.01. The van der Waals surface area contributed by atoms with E-state index in [0.717, 1.165) is 11.0 Å². The highest BCUT2D eigenvalue weighted by Gasteiger charge is 2.00. The summed E-state index contributed by atoms with van der Waals surface area (Å²) in [5.74, 6) is 0.582. The molecule has 1 aromatic rings. The van der Waals surface area contributed by atoms with Gasteiger partial charge in [0, 0.05) is 12.7 Å². The van der Waals surface area contributed by atoms with Crippen molar-refractivity contribution in [1.82, 2.24) is 9.78 Å². The minimum Gasteiger partial charge on any atom is -0.381 e. The number of hydrogen-bond donors (Lipinski definition) is 1. The topological polar surface area (TPSA) is 43.8 Å². The molecule has 1 rings (SSSR count). The van der Waals surface area contributed by atoms with Crippen molar-refractivity contribution in [2.75, 3.05) is 5.73 Å². The molecule has 4 heteroatoms. The van der Waals surface area contributed by atoms with E-state index in [-0.39, 0.29) is 0 Å². The monoisotopic (exact) mass is 259 g/mol. The van der Waals surface area contributed by atoms with E-state index >= 15 is 0 Å². The summed E-state index contributed by atoms with van der Waals surface area (Å²) in [4.78, 5) is 0. The zero-order valence-corrected chi connectivity index (χ0v) is 10.3. The molecule has 3 nitrogen and oxygen atoms in total. The second-order valence-corrected chi connectivity index (χ2v) is 4.39. The molecule has 0 amide bonds. The molecular weight excluding hydrogens is 242 g/mol. The van der Waals surface area contributed by atoms with Crippen LogP contribution in [-0.2, 0) is 6.54 Å². The number of unbranched alkanes of at least 4 members (excludes halogenated alkanes) is 4. The minimum atomic E-state index is 0.582. The predicted octanol–water partition coefficient (Wildman–Crippen LogP) is 3.20. The van der Waals surface area contributed by atoms with Crippen molar-refractivity contribution in [3.8, 4) is 0 Å². The van der Waals surface area contributed by atoms with Crippen LogP contribution in [0.3, 0.4) is 0 Å². The highest BCUT2D eigenvalue weighted by molar-refractivity contribution is 9.10. The maximum atomic E-state index is 5.61. The van der Waals surface area contributed by atoms with Gasteiger partial charge >= 0.3 is 0 Å². The molecule has 0 saturated heterocycles. The predicted molar refractivity (Wildman–Crippen MR) is 63.1 cm³/mol. The fraction of sp³-hybridized carbons (Fsp3) is 0.700. The number of nitrogens with zero attached hydrogens (tertiary/aromatic N) is 2. The number of anilines is 1. The van der Waals surface area contributed by atoms with Gasteiger partial charge in [-0.3, -0.25) is 4.68 Å². The van der Waals surface area contributed by atoms with Crippen LogP contribution < -0.4 is 5.73 Å². The summed E-state index contributed by atoms with van der Waals surface area (Å²) < 4.78 is 2.80. The molecule has 0 aliphatic heterocycles. The molecule has 0 aromatic carbocycles. The summed E-state index contributed by atoms with van der Waals surface area (Å²) in [5, 5.41) is 4.18. The Morgan fingerprint density at radius 1 is 1.36 bits per heavy atom. The van der Waals surface area contributed by atoms with E-state index in [1.807, 2.05) is 10.9 Å². The van der Waals surface area contributed by atoms with E-state index in [1.165, 1.54) is 32.1 Å². The smallest absolute Gasteiger partial charge is 0.159 e. The Bertz CT molecular complexity index is 251. The van der Waals surface area contributed by atoms with Gasteiger partial charge in [0.25, 0.3) is 0 Å². The van der Waals surface area contributed by atoms with Crippen LogP contribution in [-0.4, -0.2) is 9.78 Å². The molecule has 80 valence electrons. The lowest BCUT2D eigenvalue weighted by molar-refractivity contribution is 0.534. The Morgan fingerprint density at radius 2 is 2.07 bits per heavy atom. The van der Waals surface area contributed by atoms with Gasteiger partial charge in [-0.05, 0) is 22.4 Å². The molecule has 0 aliphatic rings. The summed E-state index contributed by atoms with van der Waals surface area (Å²) in [7, 11) is 0. The van der Waals surface area contributed by atoms with Crippen LogP contribution in [0.1, 0.15) is 39.0 Å². The minimum absolute atomic E-state index is 0.582. The first-order valence-corrected chi connectivity index (χ1v) is 6.01. The standard InChI is InChI=1S/C10H18BrN3/c1-2-3-4-5-6-7-14-8-9(11)10(12)13-14/h8H,2-7H2,1H3,(H2,12,13). The molecule has 14 heavy (non-hydrogen) atoms. The van der Waals surface area contributed by atoms with Gasteiger partial charge in [0.2, 0.25) is 0 Å². The maximum Gasteiger partial charge on any atom is 0.159 e. The SMILES string of the molecule is CCCCCCCn1cc(Br)c(N)n1. The summed E-state index contributed by atoms with van der Waals surface area (Å²) in [5.41, 5.74) is 5.61. The fourth-order valence-electron chi connectivity index (χ4n) is 1.40. The normalized spacial score (nSPS) is 10.7. The molecular formula is C10H18BrN3. The van der Waals surface area contributed by atoms with Crippen LogP contribution >= 0.6 is 15.9 Å². The third-order valence-electron chi connectivity index (χ3n) is 2.23. The lowest BCUT2D eigenvalue weighted by Gasteiger charge is -2.00. The number of nitrogens with two attached hydrogens (primary N) is 1. The quantitative estimate of drug-likeness (QED) is 0.798. The highest BCUT2D eigenvalue weighted by Crippen LogP contribution is 2.16. The third-order valence-corrected chi connectivity index (χ3v) is 2.84. The van der Waals surface area contributed by atoms with Crippen molar-refractivity contribution >= 4 is 21.7 Å². The number of hydrogen-bond acceptors (Lipinski definition) is 2. The summed E-state index contributed by atoms with van der Waals surface area (Å²) in [6.07, 6.45) is 8.37. The fourth-order valence-corrected chi connectivity index (χ4v) is 1.72. The second kappa shape index (κ2) is 6.06.